The first kappa shape index (κ1) is 11.4. The Morgan fingerprint density at radius 3 is 3.29 bits per heavy atom. The number of allylic oxidation sites excluding steroid dienone is 2. The lowest BCUT2D eigenvalue weighted by Crippen LogP contribution is -2.12. The Labute approximate surface area is 89.4 Å². The molecule has 78 valence electrons. The summed E-state index contributed by atoms with van der Waals surface area (Å²) in [6.45, 7) is 6.21. The van der Waals surface area contributed by atoms with Gasteiger partial charge < -0.3 is 4.74 Å². The average Bonchev–Trinajstić information content (AvgIpc) is 2.32. The molecule has 3 heteroatoms. The van der Waals surface area contributed by atoms with Gasteiger partial charge in [0.05, 0.1) is 13.0 Å². The molecule has 0 fully saturated rings. The number of hydrogen-bond donors (Lipinski definition) is 0. The van der Waals surface area contributed by atoms with Crippen molar-refractivity contribution in [3.63, 3.8) is 0 Å². The minimum atomic E-state index is -0.0917. The van der Waals surface area contributed by atoms with Crippen molar-refractivity contribution < 1.29 is 9.53 Å². The van der Waals surface area contributed by atoms with Crippen molar-refractivity contribution in [3.05, 3.63) is 23.6 Å². The zero-order valence-corrected chi connectivity index (χ0v) is 9.31. The molecule has 1 aliphatic rings. The molecule has 1 unspecified atom stereocenters. The number of ether oxygens (including phenoxy) is 1. The first-order valence-corrected chi connectivity index (χ1v) is 5.82. The van der Waals surface area contributed by atoms with Gasteiger partial charge in [0, 0.05) is 5.25 Å². The number of rotatable bonds is 3. The highest BCUT2D eigenvalue weighted by atomic mass is 32.2. The van der Waals surface area contributed by atoms with Crippen molar-refractivity contribution in [3.8, 4) is 0 Å². The van der Waals surface area contributed by atoms with E-state index in [1.165, 1.54) is 0 Å². The molecule has 0 aromatic rings. The monoisotopic (exact) mass is 212 g/mol. The second kappa shape index (κ2) is 5.91. The SMILES string of the molecule is C=C1C=CSC(CC(=O)OCC)CC1. The average molecular weight is 212 g/mol. The first-order chi connectivity index (χ1) is 6.72. The molecule has 14 heavy (non-hydrogen) atoms. The van der Waals surface area contributed by atoms with Crippen LogP contribution in [-0.2, 0) is 9.53 Å². The molecule has 0 spiro atoms. The number of carbonyl (C=O) groups is 1. The maximum atomic E-state index is 11.2. The van der Waals surface area contributed by atoms with E-state index in [4.69, 9.17) is 4.74 Å². The summed E-state index contributed by atoms with van der Waals surface area (Å²) in [5, 5.41) is 2.38. The van der Waals surface area contributed by atoms with Gasteiger partial charge in [-0.3, -0.25) is 4.79 Å². The minimum absolute atomic E-state index is 0.0917. The molecule has 2 nitrogen and oxygen atoms in total. The predicted octanol–water partition coefficient (Wildman–Crippen LogP) is 2.91. The van der Waals surface area contributed by atoms with Crippen LogP contribution in [0.2, 0.25) is 0 Å². The molecular weight excluding hydrogens is 196 g/mol. The molecule has 0 saturated carbocycles. The predicted molar refractivity (Wildman–Crippen MR) is 60.1 cm³/mol. The fraction of sp³-hybridized carbons (Fsp3) is 0.545. The van der Waals surface area contributed by atoms with Crippen LogP contribution in [0.5, 0.6) is 0 Å². The summed E-state index contributed by atoms with van der Waals surface area (Å²) in [6, 6.07) is 0. The second-order valence-electron chi connectivity index (χ2n) is 3.27. The van der Waals surface area contributed by atoms with Crippen molar-refractivity contribution in [1.82, 2.24) is 0 Å². The summed E-state index contributed by atoms with van der Waals surface area (Å²) in [7, 11) is 0. The summed E-state index contributed by atoms with van der Waals surface area (Å²) in [4.78, 5) is 11.2. The van der Waals surface area contributed by atoms with Crippen LogP contribution < -0.4 is 0 Å². The van der Waals surface area contributed by atoms with Crippen LogP contribution in [0.4, 0.5) is 0 Å². The van der Waals surface area contributed by atoms with Gasteiger partial charge in [0.1, 0.15) is 0 Å². The molecule has 0 aromatic carbocycles. The first-order valence-electron chi connectivity index (χ1n) is 4.87. The van der Waals surface area contributed by atoms with Gasteiger partial charge in [-0.1, -0.05) is 18.2 Å². The Bertz CT molecular complexity index is 246. The van der Waals surface area contributed by atoms with Gasteiger partial charge in [0.25, 0.3) is 0 Å². The molecule has 0 saturated heterocycles. The largest absolute Gasteiger partial charge is 0.466 e. The molecule has 0 radical (unpaired) electrons. The molecule has 0 aromatic heterocycles. The smallest absolute Gasteiger partial charge is 0.306 e. The Kier molecular flexibility index (Phi) is 4.80. The Morgan fingerprint density at radius 2 is 2.57 bits per heavy atom. The Balaban J connectivity index is 2.35. The minimum Gasteiger partial charge on any atom is -0.466 e. The van der Waals surface area contributed by atoms with E-state index in [2.05, 4.69) is 6.58 Å². The fourth-order valence-corrected chi connectivity index (χ4v) is 2.28. The summed E-state index contributed by atoms with van der Waals surface area (Å²) >= 11 is 1.70. The lowest BCUT2D eigenvalue weighted by atomic mass is 10.1. The van der Waals surface area contributed by atoms with Crippen LogP contribution in [0.15, 0.2) is 23.6 Å². The van der Waals surface area contributed by atoms with E-state index in [0.717, 1.165) is 18.4 Å². The van der Waals surface area contributed by atoms with E-state index in [9.17, 15) is 4.79 Å². The number of esters is 1. The van der Waals surface area contributed by atoms with Gasteiger partial charge in [0.15, 0.2) is 0 Å². The van der Waals surface area contributed by atoms with E-state index in [1.54, 1.807) is 11.8 Å². The molecule has 1 heterocycles. The van der Waals surface area contributed by atoms with Gasteiger partial charge in [-0.15, -0.1) is 11.8 Å². The highest BCUT2D eigenvalue weighted by Crippen LogP contribution is 2.27. The van der Waals surface area contributed by atoms with Crippen LogP contribution in [-0.4, -0.2) is 17.8 Å². The van der Waals surface area contributed by atoms with Gasteiger partial charge in [-0.2, -0.15) is 0 Å². The van der Waals surface area contributed by atoms with Crippen LogP contribution in [0.3, 0.4) is 0 Å². The summed E-state index contributed by atoms with van der Waals surface area (Å²) in [6.07, 6.45) is 4.52. The maximum absolute atomic E-state index is 11.2. The molecular formula is C11H16O2S. The zero-order chi connectivity index (χ0) is 10.4. The van der Waals surface area contributed by atoms with Gasteiger partial charge in [-0.05, 0) is 25.2 Å². The molecule has 0 aliphatic carbocycles. The van der Waals surface area contributed by atoms with Crippen molar-refractivity contribution in [2.45, 2.75) is 31.4 Å². The van der Waals surface area contributed by atoms with Crippen molar-refractivity contribution >= 4 is 17.7 Å². The summed E-state index contributed by atoms with van der Waals surface area (Å²) < 4.78 is 4.91. The molecule has 1 rings (SSSR count). The van der Waals surface area contributed by atoms with Crippen molar-refractivity contribution in [1.29, 1.82) is 0 Å². The number of hydrogen-bond acceptors (Lipinski definition) is 3. The van der Waals surface area contributed by atoms with Crippen LogP contribution in [0.1, 0.15) is 26.2 Å². The lowest BCUT2D eigenvalue weighted by molar-refractivity contribution is -0.143. The Hall–Kier alpha value is -0.700. The second-order valence-corrected chi connectivity index (χ2v) is 4.48. The highest BCUT2D eigenvalue weighted by molar-refractivity contribution is 8.02. The van der Waals surface area contributed by atoms with Crippen LogP contribution in [0.25, 0.3) is 0 Å². The summed E-state index contributed by atoms with van der Waals surface area (Å²) in [5.41, 5.74) is 1.14. The normalized spacial score (nSPS) is 21.8. The summed E-state index contributed by atoms with van der Waals surface area (Å²) in [5.74, 6) is -0.0917. The van der Waals surface area contributed by atoms with Crippen LogP contribution >= 0.6 is 11.8 Å². The fourth-order valence-electron chi connectivity index (χ4n) is 1.30. The standard InChI is InChI=1S/C11H16O2S/c1-3-13-11(12)8-10-5-4-9(2)6-7-14-10/h6-7,10H,2-5,8H2,1H3. The third-order valence-electron chi connectivity index (χ3n) is 2.06. The van der Waals surface area contributed by atoms with Gasteiger partial charge in [-0.25, -0.2) is 0 Å². The van der Waals surface area contributed by atoms with Crippen molar-refractivity contribution in [2.75, 3.05) is 6.61 Å². The highest BCUT2D eigenvalue weighted by Gasteiger charge is 2.15. The number of carbonyl (C=O) groups excluding carboxylic acids is 1. The van der Waals surface area contributed by atoms with E-state index in [1.807, 2.05) is 18.4 Å². The van der Waals surface area contributed by atoms with E-state index < -0.39 is 0 Å². The maximum Gasteiger partial charge on any atom is 0.306 e. The van der Waals surface area contributed by atoms with E-state index in [-0.39, 0.29) is 5.97 Å². The van der Waals surface area contributed by atoms with Gasteiger partial charge >= 0.3 is 5.97 Å². The topological polar surface area (TPSA) is 26.3 Å². The molecule has 0 N–H and O–H groups in total. The zero-order valence-electron chi connectivity index (χ0n) is 8.49. The molecule has 0 bridgehead atoms. The molecule has 1 aliphatic heterocycles. The molecule has 0 amide bonds. The third kappa shape index (κ3) is 4.01. The van der Waals surface area contributed by atoms with E-state index in [0.29, 0.717) is 18.3 Å². The van der Waals surface area contributed by atoms with Crippen LogP contribution in [0, 0.1) is 0 Å². The molecule has 1 atom stereocenters. The third-order valence-corrected chi connectivity index (χ3v) is 3.14. The lowest BCUT2D eigenvalue weighted by Gasteiger charge is -2.11. The number of thioether (sulfide) groups is 1. The van der Waals surface area contributed by atoms with Gasteiger partial charge in [0.2, 0.25) is 0 Å². The Morgan fingerprint density at radius 1 is 1.79 bits per heavy atom. The van der Waals surface area contributed by atoms with Crippen molar-refractivity contribution in [2.24, 2.45) is 0 Å². The van der Waals surface area contributed by atoms with E-state index >= 15 is 0 Å². The quantitative estimate of drug-likeness (QED) is 0.673.